The molecule has 1 heterocycles. The standard InChI is InChI=1S/C15H16ClF3N2O/c1-14(2,3)22-11-7-12(20-8-15(17,18)19)21-13-9(11)5-4-6-10(13)16/h4-7H,8H2,1-3H3,(H,20,21). The normalized spacial score (nSPS) is 12.5. The third kappa shape index (κ3) is 4.40. The molecule has 120 valence electrons. The molecule has 0 bridgehead atoms. The smallest absolute Gasteiger partial charge is 0.405 e. The number of ether oxygens (including phenoxy) is 1. The van der Waals surface area contributed by atoms with Gasteiger partial charge in [0.2, 0.25) is 0 Å². The number of benzene rings is 1. The first-order valence-electron chi connectivity index (χ1n) is 6.64. The van der Waals surface area contributed by atoms with Gasteiger partial charge in [0.05, 0.1) is 10.5 Å². The Morgan fingerprint density at radius 3 is 2.50 bits per heavy atom. The summed E-state index contributed by atoms with van der Waals surface area (Å²) in [5, 5.41) is 3.26. The molecule has 0 aliphatic carbocycles. The van der Waals surface area contributed by atoms with E-state index >= 15 is 0 Å². The Morgan fingerprint density at radius 2 is 1.91 bits per heavy atom. The summed E-state index contributed by atoms with van der Waals surface area (Å²) in [5.74, 6) is 0.502. The lowest BCUT2D eigenvalue weighted by Crippen LogP contribution is -2.24. The van der Waals surface area contributed by atoms with Gasteiger partial charge in [0.25, 0.3) is 0 Å². The third-order valence-corrected chi connectivity index (χ3v) is 2.94. The number of nitrogens with zero attached hydrogens (tertiary/aromatic N) is 1. The van der Waals surface area contributed by atoms with E-state index in [9.17, 15) is 13.2 Å². The molecule has 0 radical (unpaired) electrons. The molecule has 0 aliphatic rings. The first-order chi connectivity index (χ1) is 10.1. The summed E-state index contributed by atoms with van der Waals surface area (Å²) in [6, 6.07) is 6.59. The number of anilines is 1. The van der Waals surface area contributed by atoms with Crippen molar-refractivity contribution in [2.75, 3.05) is 11.9 Å². The molecular weight excluding hydrogens is 317 g/mol. The van der Waals surface area contributed by atoms with E-state index in [1.54, 1.807) is 18.2 Å². The number of halogens is 4. The summed E-state index contributed by atoms with van der Waals surface area (Å²) in [4.78, 5) is 4.15. The number of hydrogen-bond donors (Lipinski definition) is 1. The van der Waals surface area contributed by atoms with Gasteiger partial charge >= 0.3 is 6.18 Å². The maximum atomic E-state index is 12.4. The first-order valence-corrected chi connectivity index (χ1v) is 7.02. The summed E-state index contributed by atoms with van der Waals surface area (Å²) >= 11 is 6.09. The molecular formula is C15H16ClF3N2O. The molecule has 1 aromatic carbocycles. The lowest BCUT2D eigenvalue weighted by Gasteiger charge is -2.23. The summed E-state index contributed by atoms with van der Waals surface area (Å²) < 4.78 is 42.9. The van der Waals surface area contributed by atoms with Gasteiger partial charge in [-0.3, -0.25) is 0 Å². The van der Waals surface area contributed by atoms with Crippen LogP contribution in [0.2, 0.25) is 5.02 Å². The van der Waals surface area contributed by atoms with E-state index in [0.29, 0.717) is 21.7 Å². The fourth-order valence-electron chi connectivity index (χ4n) is 1.88. The van der Waals surface area contributed by atoms with E-state index in [1.807, 2.05) is 20.8 Å². The molecule has 7 heteroatoms. The lowest BCUT2D eigenvalue weighted by molar-refractivity contribution is -0.115. The Hall–Kier alpha value is -1.69. The average molecular weight is 333 g/mol. The molecule has 0 atom stereocenters. The van der Waals surface area contributed by atoms with Crippen LogP contribution in [0.1, 0.15) is 20.8 Å². The molecule has 0 fully saturated rings. The molecule has 1 aromatic heterocycles. The number of rotatable bonds is 3. The highest BCUT2D eigenvalue weighted by Crippen LogP contribution is 2.33. The first kappa shape index (κ1) is 16.7. The van der Waals surface area contributed by atoms with Gasteiger partial charge in [-0.25, -0.2) is 4.98 Å². The van der Waals surface area contributed by atoms with Gasteiger partial charge in [0.1, 0.15) is 23.7 Å². The number of fused-ring (bicyclic) bond motifs is 1. The van der Waals surface area contributed by atoms with Crippen molar-refractivity contribution >= 4 is 28.3 Å². The van der Waals surface area contributed by atoms with Crippen LogP contribution in [-0.4, -0.2) is 23.3 Å². The van der Waals surface area contributed by atoms with Crippen LogP contribution in [0.4, 0.5) is 19.0 Å². The van der Waals surface area contributed by atoms with E-state index in [-0.39, 0.29) is 5.82 Å². The summed E-state index contributed by atoms with van der Waals surface area (Å²) in [6.07, 6.45) is -4.33. The number of nitrogens with one attached hydrogen (secondary N) is 1. The Labute approximate surface area is 131 Å². The van der Waals surface area contributed by atoms with E-state index in [4.69, 9.17) is 16.3 Å². The maximum Gasteiger partial charge on any atom is 0.405 e. The van der Waals surface area contributed by atoms with Crippen LogP contribution >= 0.6 is 11.6 Å². The van der Waals surface area contributed by atoms with Crippen molar-refractivity contribution in [2.24, 2.45) is 0 Å². The van der Waals surface area contributed by atoms with Crippen LogP contribution in [0.3, 0.4) is 0 Å². The van der Waals surface area contributed by atoms with Gasteiger partial charge in [-0.15, -0.1) is 0 Å². The highest BCUT2D eigenvalue weighted by molar-refractivity contribution is 6.35. The molecule has 0 spiro atoms. The summed E-state index contributed by atoms with van der Waals surface area (Å²) in [6.45, 7) is 4.39. The fraction of sp³-hybridized carbons (Fsp3) is 0.400. The van der Waals surface area contributed by atoms with Crippen molar-refractivity contribution in [3.05, 3.63) is 29.3 Å². The molecule has 22 heavy (non-hydrogen) atoms. The van der Waals surface area contributed by atoms with Crippen molar-refractivity contribution in [3.63, 3.8) is 0 Å². The second-order valence-corrected chi connectivity index (χ2v) is 6.23. The largest absolute Gasteiger partial charge is 0.487 e. The minimum Gasteiger partial charge on any atom is -0.487 e. The predicted molar refractivity (Wildman–Crippen MR) is 81.7 cm³/mol. The number of aromatic nitrogens is 1. The van der Waals surface area contributed by atoms with Crippen molar-refractivity contribution in [2.45, 2.75) is 32.5 Å². The highest BCUT2D eigenvalue weighted by atomic mass is 35.5. The molecule has 0 unspecified atom stereocenters. The Bertz CT molecular complexity index is 681. The highest BCUT2D eigenvalue weighted by Gasteiger charge is 2.27. The van der Waals surface area contributed by atoms with Crippen LogP contribution in [0.25, 0.3) is 10.9 Å². The van der Waals surface area contributed by atoms with E-state index in [0.717, 1.165) is 0 Å². The molecule has 0 amide bonds. The predicted octanol–water partition coefficient (Wildman–Crippen LogP) is 5.04. The van der Waals surface area contributed by atoms with E-state index in [1.165, 1.54) is 6.07 Å². The quantitative estimate of drug-likeness (QED) is 0.855. The van der Waals surface area contributed by atoms with Crippen LogP contribution in [0.15, 0.2) is 24.3 Å². The molecule has 0 aliphatic heterocycles. The Morgan fingerprint density at radius 1 is 1.23 bits per heavy atom. The molecule has 2 rings (SSSR count). The molecule has 1 N–H and O–H groups in total. The van der Waals surface area contributed by atoms with Crippen LogP contribution in [-0.2, 0) is 0 Å². The van der Waals surface area contributed by atoms with Gasteiger partial charge < -0.3 is 10.1 Å². The summed E-state index contributed by atoms with van der Waals surface area (Å²) in [7, 11) is 0. The van der Waals surface area contributed by atoms with E-state index in [2.05, 4.69) is 10.3 Å². The summed E-state index contributed by atoms with van der Waals surface area (Å²) in [5.41, 5.74) is -0.103. The van der Waals surface area contributed by atoms with Gasteiger partial charge in [-0.05, 0) is 32.9 Å². The van der Waals surface area contributed by atoms with Gasteiger partial charge in [-0.2, -0.15) is 13.2 Å². The van der Waals surface area contributed by atoms with Gasteiger partial charge in [0.15, 0.2) is 0 Å². The van der Waals surface area contributed by atoms with Crippen LogP contribution < -0.4 is 10.1 Å². The SMILES string of the molecule is CC(C)(C)Oc1cc(NCC(F)(F)F)nc2c(Cl)cccc12. The molecule has 3 nitrogen and oxygen atoms in total. The number of hydrogen-bond acceptors (Lipinski definition) is 3. The van der Waals surface area contributed by atoms with E-state index < -0.39 is 18.3 Å². The molecule has 2 aromatic rings. The fourth-order valence-corrected chi connectivity index (χ4v) is 2.09. The van der Waals surface area contributed by atoms with Crippen molar-refractivity contribution < 1.29 is 17.9 Å². The van der Waals surface area contributed by atoms with Crippen molar-refractivity contribution in [1.29, 1.82) is 0 Å². The van der Waals surface area contributed by atoms with Crippen LogP contribution in [0.5, 0.6) is 5.75 Å². The zero-order chi connectivity index (χ0) is 16.5. The maximum absolute atomic E-state index is 12.4. The Balaban J connectivity index is 2.48. The minimum absolute atomic E-state index is 0.0668. The number of pyridine rings is 1. The topological polar surface area (TPSA) is 34.1 Å². The average Bonchev–Trinajstić information content (AvgIpc) is 2.35. The van der Waals surface area contributed by atoms with Gasteiger partial charge in [0, 0.05) is 11.5 Å². The molecule has 0 saturated heterocycles. The Kier molecular flexibility index (Phi) is 4.42. The second-order valence-electron chi connectivity index (χ2n) is 5.82. The van der Waals surface area contributed by atoms with Crippen molar-refractivity contribution in [3.8, 4) is 5.75 Å². The lowest BCUT2D eigenvalue weighted by atomic mass is 10.1. The molecule has 0 saturated carbocycles. The second kappa shape index (κ2) is 5.83. The number of alkyl halides is 3. The number of para-hydroxylation sites is 1. The monoisotopic (exact) mass is 332 g/mol. The third-order valence-electron chi connectivity index (χ3n) is 2.64. The minimum atomic E-state index is -4.33. The van der Waals surface area contributed by atoms with Crippen LogP contribution in [0, 0.1) is 0 Å². The van der Waals surface area contributed by atoms with Gasteiger partial charge in [-0.1, -0.05) is 17.7 Å². The zero-order valence-electron chi connectivity index (χ0n) is 12.4. The zero-order valence-corrected chi connectivity index (χ0v) is 13.1. The van der Waals surface area contributed by atoms with Crippen molar-refractivity contribution in [1.82, 2.24) is 4.98 Å².